The van der Waals surface area contributed by atoms with Crippen LogP contribution < -0.4 is 14.8 Å². The minimum absolute atomic E-state index is 0.0152. The Morgan fingerprint density at radius 3 is 2.44 bits per heavy atom. The van der Waals surface area contributed by atoms with Gasteiger partial charge < -0.3 is 19.1 Å². The summed E-state index contributed by atoms with van der Waals surface area (Å²) < 4.78 is 17.3. The van der Waals surface area contributed by atoms with Crippen LogP contribution in [-0.4, -0.2) is 67.1 Å². The number of rotatable bonds is 8. The molecule has 2 amide bonds. The molecule has 39 heavy (non-hydrogen) atoms. The SMILES string of the molecule is COc1ccc(C2=NN(Cc3ccc(NC(=O)OC4CCN(C)CC4)cc3)C(=O)CC2)cc1OC1CCCC1. The molecular formula is C30H38N4O5. The van der Waals surface area contributed by atoms with E-state index >= 15 is 0 Å². The predicted octanol–water partition coefficient (Wildman–Crippen LogP) is 5.19. The predicted molar refractivity (Wildman–Crippen MR) is 149 cm³/mol. The number of hydrazone groups is 1. The van der Waals surface area contributed by atoms with Crippen LogP contribution in [0.15, 0.2) is 47.6 Å². The van der Waals surface area contributed by atoms with E-state index in [0.29, 0.717) is 30.8 Å². The Hall–Kier alpha value is -3.59. The van der Waals surface area contributed by atoms with Crippen molar-refractivity contribution in [1.82, 2.24) is 9.91 Å². The smallest absolute Gasteiger partial charge is 0.411 e. The van der Waals surface area contributed by atoms with Gasteiger partial charge >= 0.3 is 6.09 Å². The maximum atomic E-state index is 12.7. The van der Waals surface area contributed by atoms with E-state index in [0.717, 1.165) is 61.4 Å². The van der Waals surface area contributed by atoms with Crippen molar-refractivity contribution >= 4 is 23.4 Å². The molecule has 0 radical (unpaired) electrons. The second-order valence-corrected chi connectivity index (χ2v) is 10.6. The summed E-state index contributed by atoms with van der Waals surface area (Å²) in [6.07, 6.45) is 6.90. The van der Waals surface area contributed by atoms with Gasteiger partial charge in [0.1, 0.15) is 6.10 Å². The van der Waals surface area contributed by atoms with Crippen LogP contribution in [0.2, 0.25) is 0 Å². The number of anilines is 1. The summed E-state index contributed by atoms with van der Waals surface area (Å²) in [6, 6.07) is 13.3. The van der Waals surface area contributed by atoms with Crippen LogP contribution in [0.4, 0.5) is 10.5 Å². The molecule has 2 aliphatic heterocycles. The zero-order chi connectivity index (χ0) is 27.2. The van der Waals surface area contributed by atoms with Gasteiger partial charge in [-0.1, -0.05) is 12.1 Å². The van der Waals surface area contributed by atoms with Gasteiger partial charge in [-0.25, -0.2) is 9.80 Å². The first-order valence-corrected chi connectivity index (χ1v) is 13.9. The van der Waals surface area contributed by atoms with E-state index in [1.54, 1.807) is 7.11 Å². The van der Waals surface area contributed by atoms with Gasteiger partial charge in [0.05, 0.1) is 25.5 Å². The Labute approximate surface area is 230 Å². The van der Waals surface area contributed by atoms with Crippen molar-refractivity contribution in [2.45, 2.75) is 70.1 Å². The third-order valence-electron chi connectivity index (χ3n) is 7.67. The largest absolute Gasteiger partial charge is 0.493 e. The molecule has 0 aromatic heterocycles. The van der Waals surface area contributed by atoms with Crippen molar-refractivity contribution in [3.8, 4) is 11.5 Å². The third kappa shape index (κ3) is 7.09. The first-order valence-electron chi connectivity index (χ1n) is 13.9. The fourth-order valence-electron chi connectivity index (χ4n) is 5.33. The number of benzene rings is 2. The van der Waals surface area contributed by atoms with E-state index < -0.39 is 6.09 Å². The molecule has 3 aliphatic rings. The number of amides is 2. The molecular weight excluding hydrogens is 496 g/mol. The molecule has 2 aromatic rings. The minimum Gasteiger partial charge on any atom is -0.493 e. The van der Waals surface area contributed by atoms with Gasteiger partial charge in [-0.2, -0.15) is 5.10 Å². The number of methoxy groups -OCH3 is 1. The second kappa shape index (κ2) is 12.5. The van der Waals surface area contributed by atoms with Crippen molar-refractivity contribution in [2.24, 2.45) is 5.10 Å². The number of likely N-dealkylation sites (tertiary alicyclic amines) is 1. The highest BCUT2D eigenvalue weighted by atomic mass is 16.6. The van der Waals surface area contributed by atoms with Gasteiger partial charge in [0.2, 0.25) is 5.91 Å². The van der Waals surface area contributed by atoms with Crippen molar-refractivity contribution in [3.63, 3.8) is 0 Å². The molecule has 1 N–H and O–H groups in total. The van der Waals surface area contributed by atoms with Gasteiger partial charge in [-0.05, 0) is 81.5 Å². The zero-order valence-electron chi connectivity index (χ0n) is 22.9. The van der Waals surface area contributed by atoms with Crippen molar-refractivity contribution in [3.05, 3.63) is 53.6 Å². The van der Waals surface area contributed by atoms with Crippen LogP contribution in [0.5, 0.6) is 11.5 Å². The summed E-state index contributed by atoms with van der Waals surface area (Å²) in [5.74, 6) is 1.42. The summed E-state index contributed by atoms with van der Waals surface area (Å²) in [4.78, 5) is 27.2. The summed E-state index contributed by atoms with van der Waals surface area (Å²) >= 11 is 0. The average Bonchev–Trinajstić information content (AvgIpc) is 3.45. The van der Waals surface area contributed by atoms with Crippen LogP contribution in [0, 0.1) is 0 Å². The summed E-state index contributed by atoms with van der Waals surface area (Å²) in [7, 11) is 3.72. The lowest BCUT2D eigenvalue weighted by Gasteiger charge is -2.28. The maximum absolute atomic E-state index is 12.7. The summed E-state index contributed by atoms with van der Waals surface area (Å²) in [5, 5.41) is 9.04. The Morgan fingerprint density at radius 2 is 1.72 bits per heavy atom. The molecule has 2 fully saturated rings. The van der Waals surface area contributed by atoms with Crippen LogP contribution >= 0.6 is 0 Å². The highest BCUT2D eigenvalue weighted by molar-refractivity contribution is 6.04. The number of hydrogen-bond donors (Lipinski definition) is 1. The van der Waals surface area contributed by atoms with E-state index in [2.05, 4.69) is 17.3 Å². The van der Waals surface area contributed by atoms with Crippen LogP contribution in [0.1, 0.15) is 62.5 Å². The van der Waals surface area contributed by atoms with E-state index in [-0.39, 0.29) is 18.1 Å². The normalized spacial score (nSPS) is 19.1. The molecule has 1 saturated carbocycles. The van der Waals surface area contributed by atoms with Crippen LogP contribution in [0.25, 0.3) is 0 Å². The number of nitrogens with zero attached hydrogens (tertiary/aromatic N) is 3. The lowest BCUT2D eigenvalue weighted by Crippen LogP contribution is -2.36. The van der Waals surface area contributed by atoms with Crippen LogP contribution in [0.3, 0.4) is 0 Å². The molecule has 0 atom stereocenters. The van der Waals surface area contributed by atoms with Gasteiger partial charge in [0.25, 0.3) is 0 Å². The van der Waals surface area contributed by atoms with Gasteiger partial charge in [-0.15, -0.1) is 0 Å². The van der Waals surface area contributed by atoms with E-state index in [9.17, 15) is 9.59 Å². The number of carbonyl (C=O) groups excluding carboxylic acids is 2. The van der Waals surface area contributed by atoms with Gasteiger partial charge in [-0.3, -0.25) is 10.1 Å². The quantitative estimate of drug-likeness (QED) is 0.501. The fraction of sp³-hybridized carbons (Fsp3) is 0.500. The molecule has 0 bridgehead atoms. The number of hydrogen-bond acceptors (Lipinski definition) is 7. The minimum atomic E-state index is -0.437. The Bertz CT molecular complexity index is 1180. The number of ether oxygens (including phenoxy) is 3. The molecule has 9 nitrogen and oxygen atoms in total. The highest BCUT2D eigenvalue weighted by Gasteiger charge is 2.24. The Kier molecular flexibility index (Phi) is 8.66. The maximum Gasteiger partial charge on any atom is 0.411 e. The molecule has 208 valence electrons. The molecule has 5 rings (SSSR count). The van der Waals surface area contributed by atoms with Gasteiger partial charge in [0.15, 0.2) is 11.5 Å². The highest BCUT2D eigenvalue weighted by Crippen LogP contribution is 2.33. The van der Waals surface area contributed by atoms with E-state index in [1.165, 1.54) is 17.9 Å². The Balaban J connectivity index is 1.21. The lowest BCUT2D eigenvalue weighted by atomic mass is 10.0. The monoisotopic (exact) mass is 534 g/mol. The molecule has 1 aliphatic carbocycles. The standard InChI is InChI=1S/C30H38N4O5/c1-33-17-15-25(16-18-33)39-30(36)31-23-10-7-21(8-11-23)20-34-29(35)14-12-26(32-34)22-9-13-27(37-2)28(19-22)38-24-5-3-4-6-24/h7-11,13,19,24-25H,3-6,12,14-18,20H2,1-2H3,(H,31,36). The molecule has 2 heterocycles. The summed E-state index contributed by atoms with van der Waals surface area (Å²) in [6.45, 7) is 2.21. The van der Waals surface area contributed by atoms with E-state index in [1.807, 2.05) is 42.5 Å². The molecule has 0 spiro atoms. The van der Waals surface area contributed by atoms with E-state index in [4.69, 9.17) is 19.3 Å². The fourth-order valence-corrected chi connectivity index (χ4v) is 5.33. The number of nitrogens with one attached hydrogen (secondary N) is 1. The molecule has 2 aromatic carbocycles. The first-order chi connectivity index (χ1) is 19.0. The van der Waals surface area contributed by atoms with Crippen molar-refractivity contribution < 1.29 is 23.8 Å². The second-order valence-electron chi connectivity index (χ2n) is 10.6. The van der Waals surface area contributed by atoms with Crippen LogP contribution in [-0.2, 0) is 16.1 Å². The Morgan fingerprint density at radius 1 is 0.974 bits per heavy atom. The molecule has 0 unspecified atom stereocenters. The number of piperidine rings is 1. The van der Waals surface area contributed by atoms with Crippen molar-refractivity contribution in [2.75, 3.05) is 32.6 Å². The molecule has 1 saturated heterocycles. The number of carbonyl (C=O) groups is 2. The average molecular weight is 535 g/mol. The summed E-state index contributed by atoms with van der Waals surface area (Å²) in [5.41, 5.74) is 3.36. The lowest BCUT2D eigenvalue weighted by molar-refractivity contribution is -0.132. The van der Waals surface area contributed by atoms with Crippen molar-refractivity contribution in [1.29, 1.82) is 0 Å². The molecule has 9 heteroatoms. The third-order valence-corrected chi connectivity index (χ3v) is 7.67. The first kappa shape index (κ1) is 27.0. The zero-order valence-corrected chi connectivity index (χ0v) is 22.9. The topological polar surface area (TPSA) is 92.7 Å². The van der Waals surface area contributed by atoms with Gasteiger partial charge in [0, 0.05) is 37.2 Å².